The SMILES string of the molecule is CNC(C)(C)c1ncc[nH]1. The number of aromatic nitrogens is 2. The van der Waals surface area contributed by atoms with Gasteiger partial charge < -0.3 is 10.3 Å². The number of hydrogen-bond donors (Lipinski definition) is 2. The summed E-state index contributed by atoms with van der Waals surface area (Å²) in [6.07, 6.45) is 3.59. The van der Waals surface area contributed by atoms with Crippen molar-refractivity contribution >= 4 is 0 Å². The van der Waals surface area contributed by atoms with Gasteiger partial charge in [0, 0.05) is 12.4 Å². The maximum absolute atomic E-state index is 4.14. The lowest BCUT2D eigenvalue weighted by atomic mass is 10.1. The molecule has 2 N–H and O–H groups in total. The van der Waals surface area contributed by atoms with Crippen molar-refractivity contribution in [1.29, 1.82) is 0 Å². The minimum atomic E-state index is -0.0521. The largest absolute Gasteiger partial charge is 0.347 e. The van der Waals surface area contributed by atoms with Gasteiger partial charge in [0.15, 0.2) is 0 Å². The van der Waals surface area contributed by atoms with Gasteiger partial charge in [-0.05, 0) is 20.9 Å². The van der Waals surface area contributed by atoms with E-state index in [0.29, 0.717) is 0 Å². The molecule has 56 valence electrons. The predicted molar refractivity (Wildman–Crippen MR) is 40.7 cm³/mol. The van der Waals surface area contributed by atoms with Gasteiger partial charge in [0.2, 0.25) is 0 Å². The summed E-state index contributed by atoms with van der Waals surface area (Å²) in [7, 11) is 1.92. The second kappa shape index (κ2) is 2.42. The Hall–Kier alpha value is -0.830. The van der Waals surface area contributed by atoms with Crippen molar-refractivity contribution < 1.29 is 0 Å². The zero-order chi connectivity index (χ0) is 7.61. The molecule has 0 spiro atoms. The first-order valence-corrected chi connectivity index (χ1v) is 3.35. The summed E-state index contributed by atoms with van der Waals surface area (Å²) in [5.41, 5.74) is -0.0521. The van der Waals surface area contributed by atoms with Crippen LogP contribution in [-0.4, -0.2) is 17.0 Å². The summed E-state index contributed by atoms with van der Waals surface area (Å²) in [6, 6.07) is 0. The Morgan fingerprint density at radius 3 is 2.70 bits per heavy atom. The molecule has 0 fully saturated rings. The number of aromatic amines is 1. The van der Waals surface area contributed by atoms with Crippen LogP contribution in [0.1, 0.15) is 19.7 Å². The maximum Gasteiger partial charge on any atom is 0.125 e. The van der Waals surface area contributed by atoms with E-state index in [1.54, 1.807) is 6.20 Å². The van der Waals surface area contributed by atoms with Gasteiger partial charge in [-0.2, -0.15) is 0 Å². The predicted octanol–water partition coefficient (Wildman–Crippen LogP) is 0.864. The highest BCUT2D eigenvalue weighted by molar-refractivity contribution is 5.01. The Balaban J connectivity index is 2.85. The third-order valence-electron chi connectivity index (χ3n) is 1.72. The van der Waals surface area contributed by atoms with Crippen molar-refractivity contribution in [1.82, 2.24) is 15.3 Å². The zero-order valence-electron chi connectivity index (χ0n) is 6.60. The van der Waals surface area contributed by atoms with E-state index in [0.717, 1.165) is 5.82 Å². The van der Waals surface area contributed by atoms with Crippen LogP contribution in [-0.2, 0) is 5.54 Å². The molecule has 1 rings (SSSR count). The van der Waals surface area contributed by atoms with Crippen LogP contribution < -0.4 is 5.32 Å². The summed E-state index contributed by atoms with van der Waals surface area (Å²) in [5.74, 6) is 0.968. The summed E-state index contributed by atoms with van der Waals surface area (Å²) >= 11 is 0. The lowest BCUT2D eigenvalue weighted by molar-refractivity contribution is 0.420. The van der Waals surface area contributed by atoms with Crippen LogP contribution in [0.2, 0.25) is 0 Å². The van der Waals surface area contributed by atoms with Crippen LogP contribution in [0.4, 0.5) is 0 Å². The highest BCUT2D eigenvalue weighted by Gasteiger charge is 2.19. The van der Waals surface area contributed by atoms with E-state index in [4.69, 9.17) is 0 Å². The topological polar surface area (TPSA) is 40.7 Å². The second-order valence-electron chi connectivity index (χ2n) is 2.81. The molecule has 0 aliphatic rings. The molecule has 0 amide bonds. The minimum Gasteiger partial charge on any atom is -0.347 e. The fourth-order valence-corrected chi connectivity index (χ4v) is 0.725. The van der Waals surface area contributed by atoms with Gasteiger partial charge in [0.25, 0.3) is 0 Å². The molecule has 0 aliphatic carbocycles. The lowest BCUT2D eigenvalue weighted by Crippen LogP contribution is -2.34. The average molecular weight is 139 g/mol. The standard InChI is InChI=1S/C7H13N3/c1-7(2,8-3)6-9-4-5-10-6/h4-5,8H,1-3H3,(H,9,10). The summed E-state index contributed by atoms with van der Waals surface area (Å²) in [4.78, 5) is 7.20. The van der Waals surface area contributed by atoms with Gasteiger partial charge in [-0.15, -0.1) is 0 Å². The van der Waals surface area contributed by atoms with Crippen LogP contribution in [0.5, 0.6) is 0 Å². The second-order valence-corrected chi connectivity index (χ2v) is 2.81. The van der Waals surface area contributed by atoms with Gasteiger partial charge >= 0.3 is 0 Å². The molecule has 0 radical (unpaired) electrons. The van der Waals surface area contributed by atoms with E-state index in [1.807, 2.05) is 13.2 Å². The summed E-state index contributed by atoms with van der Waals surface area (Å²) in [6.45, 7) is 4.15. The fraction of sp³-hybridized carbons (Fsp3) is 0.571. The van der Waals surface area contributed by atoms with Crippen molar-refractivity contribution in [3.63, 3.8) is 0 Å². The van der Waals surface area contributed by atoms with Crippen LogP contribution in [0.15, 0.2) is 12.4 Å². The highest BCUT2D eigenvalue weighted by Crippen LogP contribution is 2.12. The first-order chi connectivity index (χ1) is 4.67. The van der Waals surface area contributed by atoms with Crippen molar-refractivity contribution in [2.45, 2.75) is 19.4 Å². The molecule has 0 aliphatic heterocycles. The molecule has 3 nitrogen and oxygen atoms in total. The molecule has 0 atom stereocenters. The molecule has 1 aromatic heterocycles. The zero-order valence-corrected chi connectivity index (χ0v) is 6.60. The average Bonchev–Trinajstić information content (AvgIpc) is 2.38. The third kappa shape index (κ3) is 1.19. The van der Waals surface area contributed by atoms with Crippen LogP contribution in [0, 0.1) is 0 Å². The lowest BCUT2D eigenvalue weighted by Gasteiger charge is -2.20. The maximum atomic E-state index is 4.14. The quantitative estimate of drug-likeness (QED) is 0.638. The summed E-state index contributed by atoms with van der Waals surface area (Å²) in [5, 5.41) is 3.15. The molecule has 1 heterocycles. The smallest absolute Gasteiger partial charge is 0.125 e. The van der Waals surface area contributed by atoms with E-state index in [2.05, 4.69) is 29.1 Å². The monoisotopic (exact) mass is 139 g/mol. The minimum absolute atomic E-state index is 0.0521. The molecular formula is C7H13N3. The molecule has 10 heavy (non-hydrogen) atoms. The van der Waals surface area contributed by atoms with E-state index in [1.165, 1.54) is 0 Å². The molecule has 0 bridgehead atoms. The Morgan fingerprint density at radius 2 is 2.30 bits per heavy atom. The Bertz CT molecular complexity index is 189. The molecule has 1 aromatic rings. The molecule has 0 saturated carbocycles. The number of H-pyrrole nitrogens is 1. The molecular weight excluding hydrogens is 126 g/mol. The number of imidazole rings is 1. The molecule has 0 unspecified atom stereocenters. The van der Waals surface area contributed by atoms with E-state index in [9.17, 15) is 0 Å². The van der Waals surface area contributed by atoms with Crippen LogP contribution >= 0.6 is 0 Å². The first-order valence-electron chi connectivity index (χ1n) is 3.35. The molecule has 0 saturated heterocycles. The van der Waals surface area contributed by atoms with E-state index >= 15 is 0 Å². The van der Waals surface area contributed by atoms with Crippen molar-refractivity contribution in [2.24, 2.45) is 0 Å². The van der Waals surface area contributed by atoms with E-state index in [-0.39, 0.29) is 5.54 Å². The highest BCUT2D eigenvalue weighted by atomic mass is 15.0. The number of rotatable bonds is 2. The van der Waals surface area contributed by atoms with Gasteiger partial charge in [0.1, 0.15) is 5.82 Å². The normalized spacial score (nSPS) is 11.9. The summed E-state index contributed by atoms with van der Waals surface area (Å²) < 4.78 is 0. The van der Waals surface area contributed by atoms with Gasteiger partial charge in [-0.1, -0.05) is 0 Å². The van der Waals surface area contributed by atoms with E-state index < -0.39 is 0 Å². The van der Waals surface area contributed by atoms with Crippen molar-refractivity contribution in [3.05, 3.63) is 18.2 Å². The number of nitrogens with zero attached hydrogens (tertiary/aromatic N) is 1. The Labute approximate surface area is 60.9 Å². The first kappa shape index (κ1) is 7.28. The van der Waals surface area contributed by atoms with Crippen LogP contribution in [0.3, 0.4) is 0 Å². The fourth-order valence-electron chi connectivity index (χ4n) is 0.725. The Kier molecular flexibility index (Phi) is 1.76. The van der Waals surface area contributed by atoms with Crippen molar-refractivity contribution in [3.8, 4) is 0 Å². The van der Waals surface area contributed by atoms with Gasteiger partial charge in [0.05, 0.1) is 5.54 Å². The molecule has 3 heteroatoms. The van der Waals surface area contributed by atoms with Gasteiger partial charge in [-0.25, -0.2) is 4.98 Å². The number of nitrogens with one attached hydrogen (secondary N) is 2. The number of hydrogen-bond acceptors (Lipinski definition) is 2. The van der Waals surface area contributed by atoms with Crippen molar-refractivity contribution in [2.75, 3.05) is 7.05 Å². The van der Waals surface area contributed by atoms with Crippen LogP contribution in [0.25, 0.3) is 0 Å². The third-order valence-corrected chi connectivity index (χ3v) is 1.72. The van der Waals surface area contributed by atoms with Gasteiger partial charge in [-0.3, -0.25) is 0 Å². The molecule has 0 aromatic carbocycles. The Morgan fingerprint density at radius 1 is 1.60 bits per heavy atom.